The number of ether oxygens (including phenoxy) is 1. The Hall–Kier alpha value is -0.820. The van der Waals surface area contributed by atoms with Crippen molar-refractivity contribution in [1.82, 2.24) is 4.31 Å². The van der Waals surface area contributed by atoms with Gasteiger partial charge in [0.2, 0.25) is 10.0 Å². The number of benzene rings is 1. The minimum Gasteiger partial charge on any atom is -0.378 e. The minimum absolute atomic E-state index is 0.326. The Bertz CT molecular complexity index is 604. The standard InChI is InChI=1S/C14H19ClN2O3S/c15-13-4-1-2-5-14(13)16-6-3-7-17(9-8-16)21(18,19)12-10-20-11-12/h1-2,4-5,12H,3,6-11H2. The Balaban J connectivity index is 1.71. The van der Waals surface area contributed by atoms with E-state index in [1.807, 2.05) is 24.3 Å². The van der Waals surface area contributed by atoms with Crippen molar-refractivity contribution in [2.24, 2.45) is 0 Å². The Morgan fingerprint density at radius 3 is 2.52 bits per heavy atom. The lowest BCUT2D eigenvalue weighted by Gasteiger charge is -2.31. The lowest BCUT2D eigenvalue weighted by molar-refractivity contribution is 0.0393. The monoisotopic (exact) mass is 330 g/mol. The van der Waals surface area contributed by atoms with E-state index in [0.29, 0.717) is 37.9 Å². The average Bonchev–Trinajstić information content (AvgIpc) is 2.63. The molecule has 0 unspecified atom stereocenters. The maximum absolute atomic E-state index is 12.4. The molecule has 0 N–H and O–H groups in total. The number of nitrogens with zero attached hydrogens (tertiary/aromatic N) is 2. The van der Waals surface area contributed by atoms with Crippen LogP contribution >= 0.6 is 11.6 Å². The van der Waals surface area contributed by atoms with Crippen molar-refractivity contribution in [3.63, 3.8) is 0 Å². The highest BCUT2D eigenvalue weighted by molar-refractivity contribution is 7.89. The first kappa shape index (κ1) is 15.1. The summed E-state index contributed by atoms with van der Waals surface area (Å²) in [6.45, 7) is 3.21. The summed E-state index contributed by atoms with van der Waals surface area (Å²) < 4.78 is 31.5. The maximum Gasteiger partial charge on any atom is 0.221 e. The van der Waals surface area contributed by atoms with Gasteiger partial charge in [0.05, 0.1) is 23.9 Å². The summed E-state index contributed by atoms with van der Waals surface area (Å²) in [5.74, 6) is 0. The van der Waals surface area contributed by atoms with Crippen molar-refractivity contribution >= 4 is 27.3 Å². The van der Waals surface area contributed by atoms with Gasteiger partial charge in [-0.05, 0) is 18.6 Å². The number of hydrogen-bond donors (Lipinski definition) is 0. The number of anilines is 1. The van der Waals surface area contributed by atoms with Gasteiger partial charge in [-0.15, -0.1) is 0 Å². The summed E-state index contributed by atoms with van der Waals surface area (Å²) in [6.07, 6.45) is 0.804. The molecule has 0 amide bonds. The third-order valence-electron chi connectivity index (χ3n) is 4.04. The van der Waals surface area contributed by atoms with Gasteiger partial charge in [0, 0.05) is 26.2 Å². The fourth-order valence-electron chi connectivity index (χ4n) is 2.69. The normalized spacial score (nSPS) is 21.9. The van der Waals surface area contributed by atoms with Crippen LogP contribution in [0.25, 0.3) is 0 Å². The first-order chi connectivity index (χ1) is 10.1. The molecule has 0 aromatic heterocycles. The zero-order chi connectivity index (χ0) is 14.9. The molecule has 0 bridgehead atoms. The Morgan fingerprint density at radius 1 is 1.10 bits per heavy atom. The van der Waals surface area contributed by atoms with E-state index >= 15 is 0 Å². The van der Waals surface area contributed by atoms with Gasteiger partial charge in [-0.3, -0.25) is 0 Å². The second-order valence-electron chi connectivity index (χ2n) is 5.40. The lowest BCUT2D eigenvalue weighted by atomic mass is 10.2. The third-order valence-corrected chi connectivity index (χ3v) is 6.56. The van der Waals surface area contributed by atoms with Crippen LogP contribution in [-0.4, -0.2) is 57.4 Å². The van der Waals surface area contributed by atoms with Crippen LogP contribution in [0.1, 0.15) is 6.42 Å². The second kappa shape index (κ2) is 6.12. The summed E-state index contributed by atoms with van der Waals surface area (Å²) in [5.41, 5.74) is 0.977. The van der Waals surface area contributed by atoms with Crippen molar-refractivity contribution in [3.8, 4) is 0 Å². The van der Waals surface area contributed by atoms with Crippen molar-refractivity contribution in [3.05, 3.63) is 29.3 Å². The Morgan fingerprint density at radius 2 is 1.86 bits per heavy atom. The molecule has 116 valence electrons. The highest BCUT2D eigenvalue weighted by Gasteiger charge is 2.37. The van der Waals surface area contributed by atoms with E-state index < -0.39 is 10.0 Å². The first-order valence-electron chi connectivity index (χ1n) is 7.15. The third kappa shape index (κ3) is 3.04. The molecule has 2 saturated heterocycles. The number of sulfonamides is 1. The molecule has 0 radical (unpaired) electrons. The summed E-state index contributed by atoms with van der Waals surface area (Å²) in [5, 5.41) is 0.352. The van der Waals surface area contributed by atoms with Crippen LogP contribution < -0.4 is 4.90 Å². The Kier molecular flexibility index (Phi) is 4.40. The molecule has 21 heavy (non-hydrogen) atoms. The van der Waals surface area contributed by atoms with Crippen molar-refractivity contribution in [2.75, 3.05) is 44.3 Å². The lowest BCUT2D eigenvalue weighted by Crippen LogP contribution is -2.49. The average molecular weight is 331 g/mol. The van der Waals surface area contributed by atoms with Gasteiger partial charge < -0.3 is 9.64 Å². The van der Waals surface area contributed by atoms with Crippen LogP contribution in [0.15, 0.2) is 24.3 Å². The van der Waals surface area contributed by atoms with Crippen molar-refractivity contribution in [2.45, 2.75) is 11.7 Å². The van der Waals surface area contributed by atoms with E-state index in [4.69, 9.17) is 16.3 Å². The van der Waals surface area contributed by atoms with E-state index in [1.165, 1.54) is 0 Å². The molecule has 2 aliphatic rings. The molecule has 3 rings (SSSR count). The molecular weight excluding hydrogens is 312 g/mol. The van der Waals surface area contributed by atoms with Crippen LogP contribution in [0.4, 0.5) is 5.69 Å². The van der Waals surface area contributed by atoms with E-state index in [-0.39, 0.29) is 5.25 Å². The number of rotatable bonds is 3. The van der Waals surface area contributed by atoms with Crippen molar-refractivity contribution < 1.29 is 13.2 Å². The molecule has 0 atom stereocenters. The van der Waals surface area contributed by atoms with Crippen LogP contribution in [0.5, 0.6) is 0 Å². The quantitative estimate of drug-likeness (QED) is 0.844. The molecule has 5 nitrogen and oxygen atoms in total. The molecule has 0 saturated carbocycles. The summed E-state index contributed by atoms with van der Waals surface area (Å²) in [4.78, 5) is 2.16. The molecule has 1 aromatic carbocycles. The molecule has 0 spiro atoms. The van der Waals surface area contributed by atoms with Gasteiger partial charge >= 0.3 is 0 Å². The highest BCUT2D eigenvalue weighted by atomic mass is 35.5. The fraction of sp³-hybridized carbons (Fsp3) is 0.571. The van der Waals surface area contributed by atoms with E-state index in [0.717, 1.165) is 18.7 Å². The van der Waals surface area contributed by atoms with Gasteiger partial charge in [-0.2, -0.15) is 4.31 Å². The topological polar surface area (TPSA) is 49.9 Å². The SMILES string of the molecule is O=S(=O)(C1COC1)N1CCCN(c2ccccc2Cl)CC1. The minimum atomic E-state index is -3.22. The zero-order valence-electron chi connectivity index (χ0n) is 11.7. The van der Waals surface area contributed by atoms with Crippen LogP contribution in [0.3, 0.4) is 0 Å². The van der Waals surface area contributed by atoms with Gasteiger partial charge in [-0.1, -0.05) is 23.7 Å². The molecule has 2 fully saturated rings. The van der Waals surface area contributed by atoms with Crippen LogP contribution in [0.2, 0.25) is 5.02 Å². The molecule has 2 aliphatic heterocycles. The van der Waals surface area contributed by atoms with Crippen molar-refractivity contribution in [1.29, 1.82) is 0 Å². The number of para-hydroxylation sites is 1. The number of hydrogen-bond acceptors (Lipinski definition) is 4. The first-order valence-corrected chi connectivity index (χ1v) is 9.03. The summed E-state index contributed by atoms with van der Waals surface area (Å²) >= 11 is 6.23. The zero-order valence-corrected chi connectivity index (χ0v) is 13.3. The number of halogens is 1. The predicted octanol–water partition coefficient (Wildman–Crippen LogP) is 1.58. The maximum atomic E-state index is 12.4. The molecule has 2 heterocycles. The molecule has 1 aromatic rings. The fourth-order valence-corrected chi connectivity index (χ4v) is 4.63. The van der Waals surface area contributed by atoms with Gasteiger partial charge in [0.25, 0.3) is 0 Å². The highest BCUT2D eigenvalue weighted by Crippen LogP contribution is 2.27. The van der Waals surface area contributed by atoms with E-state index in [1.54, 1.807) is 4.31 Å². The van der Waals surface area contributed by atoms with E-state index in [9.17, 15) is 8.42 Å². The second-order valence-corrected chi connectivity index (χ2v) is 8.02. The molecular formula is C14H19ClN2O3S. The smallest absolute Gasteiger partial charge is 0.221 e. The van der Waals surface area contributed by atoms with Crippen LogP contribution in [-0.2, 0) is 14.8 Å². The van der Waals surface area contributed by atoms with E-state index in [2.05, 4.69) is 4.90 Å². The van der Waals surface area contributed by atoms with Gasteiger partial charge in [0.1, 0.15) is 5.25 Å². The Labute approximate surface area is 130 Å². The summed E-state index contributed by atoms with van der Waals surface area (Å²) in [6, 6.07) is 7.69. The predicted molar refractivity (Wildman–Crippen MR) is 83.4 cm³/mol. The summed E-state index contributed by atoms with van der Waals surface area (Å²) in [7, 11) is -3.22. The molecule has 0 aliphatic carbocycles. The largest absolute Gasteiger partial charge is 0.378 e. The van der Waals surface area contributed by atoms with Gasteiger partial charge in [0.15, 0.2) is 0 Å². The molecule has 7 heteroatoms. The van der Waals surface area contributed by atoms with Crippen LogP contribution in [0, 0.1) is 0 Å². The van der Waals surface area contributed by atoms with Gasteiger partial charge in [-0.25, -0.2) is 8.42 Å².